The zero-order valence-electron chi connectivity index (χ0n) is 30.4. The second-order valence-corrected chi connectivity index (χ2v) is 13.3. The Kier molecular flexibility index (Phi) is 11.4. The number of carbonyl (C=O) groups excluding carboxylic acids is 3. The van der Waals surface area contributed by atoms with E-state index in [4.69, 9.17) is 11.5 Å². The molecule has 3 aliphatic rings. The smallest absolute Gasteiger partial charge is 0.387 e. The lowest BCUT2D eigenvalue weighted by molar-refractivity contribution is -0.130. The zero-order chi connectivity index (χ0) is 40.2. The van der Waals surface area contributed by atoms with Crippen LogP contribution in [0.4, 0.5) is 17.6 Å². The Morgan fingerprint density at radius 3 is 1.54 bits per heavy atom. The highest BCUT2D eigenvalue weighted by Crippen LogP contribution is 2.41. The van der Waals surface area contributed by atoms with Crippen molar-refractivity contribution >= 4 is 30.0 Å². The van der Waals surface area contributed by atoms with Crippen molar-refractivity contribution in [2.75, 3.05) is 27.2 Å². The Morgan fingerprint density at radius 2 is 1.12 bits per heavy atom. The minimum atomic E-state index is -2.95. The quantitative estimate of drug-likeness (QED) is 0.159. The molecule has 0 saturated carbocycles. The van der Waals surface area contributed by atoms with Gasteiger partial charge in [0.05, 0.1) is 0 Å². The summed E-state index contributed by atoms with van der Waals surface area (Å²) in [7, 11) is 3.06. The number of alkyl halides is 4. The summed E-state index contributed by atoms with van der Waals surface area (Å²) in [6.07, 6.45) is 3.05. The molecule has 4 aromatic rings. The summed E-state index contributed by atoms with van der Waals surface area (Å²) in [5.74, 6) is -0.613. The fraction of sp³-hybridized carbons (Fsp3) is 0.275. The molecular weight excluding hydrogens is 734 g/mol. The van der Waals surface area contributed by atoms with Gasteiger partial charge in [-0.1, -0.05) is 66.7 Å². The van der Waals surface area contributed by atoms with E-state index in [1.165, 1.54) is 66.1 Å². The SMILES string of the molecule is CN1C(=O)C(c2ccc(OC(F)F)cc2)(c2cccc(C=O)c2)N=C1N.CN1C(=O)C(c2ccc(OC(F)F)cc2)(c2cccc(CN3CCCC3)c2)N=C1N. The van der Waals surface area contributed by atoms with Crippen LogP contribution in [0, 0.1) is 0 Å². The van der Waals surface area contributed by atoms with Gasteiger partial charge in [-0.25, -0.2) is 9.98 Å². The molecule has 4 N–H and O–H groups in total. The number of benzene rings is 4. The second kappa shape index (κ2) is 16.2. The van der Waals surface area contributed by atoms with Crippen LogP contribution in [-0.4, -0.2) is 85.1 Å². The molecular formula is C40H39F4N7O5. The lowest BCUT2D eigenvalue weighted by Gasteiger charge is -2.27. The summed E-state index contributed by atoms with van der Waals surface area (Å²) in [6.45, 7) is -2.94. The summed E-state index contributed by atoms with van der Waals surface area (Å²) < 4.78 is 58.5. The van der Waals surface area contributed by atoms with Crippen molar-refractivity contribution in [1.82, 2.24) is 14.7 Å². The van der Waals surface area contributed by atoms with Gasteiger partial charge in [0, 0.05) is 26.2 Å². The number of hydrogen-bond donors (Lipinski definition) is 2. The summed E-state index contributed by atoms with van der Waals surface area (Å²) >= 11 is 0. The number of nitrogens with two attached hydrogens (primary N) is 2. The molecule has 0 radical (unpaired) electrons. The van der Waals surface area contributed by atoms with E-state index in [1.807, 2.05) is 24.3 Å². The maximum atomic E-state index is 13.3. The van der Waals surface area contributed by atoms with Gasteiger partial charge in [-0.15, -0.1) is 0 Å². The van der Waals surface area contributed by atoms with Crippen LogP contribution in [0.25, 0.3) is 0 Å². The topological polar surface area (TPSA) is 156 Å². The van der Waals surface area contributed by atoms with Gasteiger partial charge in [-0.05, 0) is 84.1 Å². The highest BCUT2D eigenvalue weighted by Gasteiger charge is 2.50. The molecule has 2 unspecified atom stereocenters. The molecule has 0 aromatic heterocycles. The van der Waals surface area contributed by atoms with Gasteiger partial charge < -0.3 is 20.9 Å². The number of nitrogens with zero attached hydrogens (tertiary/aromatic N) is 5. The number of likely N-dealkylation sites (N-methyl/N-ethyl adjacent to an activating group) is 2. The van der Waals surface area contributed by atoms with Gasteiger partial charge in [0.25, 0.3) is 11.8 Å². The largest absolute Gasteiger partial charge is 0.435 e. The molecule has 2 atom stereocenters. The van der Waals surface area contributed by atoms with E-state index in [1.54, 1.807) is 43.4 Å². The average molecular weight is 774 g/mol. The molecule has 292 valence electrons. The van der Waals surface area contributed by atoms with E-state index in [9.17, 15) is 31.9 Å². The number of carbonyl (C=O) groups is 3. The van der Waals surface area contributed by atoms with Crippen molar-refractivity contribution in [2.24, 2.45) is 21.5 Å². The van der Waals surface area contributed by atoms with Crippen LogP contribution in [0.15, 0.2) is 107 Å². The zero-order valence-corrected chi connectivity index (χ0v) is 30.4. The van der Waals surface area contributed by atoms with Crippen molar-refractivity contribution in [3.8, 4) is 11.5 Å². The van der Waals surface area contributed by atoms with E-state index in [0.29, 0.717) is 34.1 Å². The maximum Gasteiger partial charge on any atom is 0.387 e. The van der Waals surface area contributed by atoms with Gasteiger partial charge in [-0.2, -0.15) is 17.6 Å². The first-order chi connectivity index (χ1) is 26.8. The molecule has 0 aliphatic carbocycles. The first-order valence-electron chi connectivity index (χ1n) is 17.5. The Balaban J connectivity index is 0.000000192. The predicted molar refractivity (Wildman–Crippen MR) is 199 cm³/mol. The lowest BCUT2D eigenvalue weighted by atomic mass is 9.82. The first-order valence-corrected chi connectivity index (χ1v) is 17.5. The summed E-state index contributed by atoms with van der Waals surface area (Å²) in [5, 5.41) is 0. The predicted octanol–water partition coefficient (Wildman–Crippen LogP) is 5.04. The normalized spacial score (nSPS) is 20.9. The van der Waals surface area contributed by atoms with Gasteiger partial charge in [-0.3, -0.25) is 29.1 Å². The Bertz CT molecular complexity index is 2150. The molecule has 0 spiro atoms. The molecule has 3 heterocycles. The van der Waals surface area contributed by atoms with Crippen LogP contribution in [-0.2, 0) is 27.2 Å². The van der Waals surface area contributed by atoms with E-state index in [0.717, 1.165) is 25.2 Å². The average Bonchev–Trinajstić information content (AvgIpc) is 3.85. The molecule has 12 nitrogen and oxygen atoms in total. The molecule has 16 heteroatoms. The number of rotatable bonds is 11. The van der Waals surface area contributed by atoms with E-state index in [2.05, 4.69) is 24.4 Å². The minimum absolute atomic E-state index is 0.0133. The van der Waals surface area contributed by atoms with Crippen LogP contribution in [0.1, 0.15) is 51.0 Å². The first kappa shape index (κ1) is 39.4. The molecule has 0 bridgehead atoms. The Labute approximate surface area is 320 Å². The molecule has 7 rings (SSSR count). The van der Waals surface area contributed by atoms with E-state index < -0.39 is 30.2 Å². The summed E-state index contributed by atoms with van der Waals surface area (Å²) in [4.78, 5) is 51.3. The van der Waals surface area contributed by atoms with Gasteiger partial charge in [0.1, 0.15) is 17.8 Å². The van der Waals surface area contributed by atoms with Crippen LogP contribution in [0.5, 0.6) is 11.5 Å². The monoisotopic (exact) mass is 773 g/mol. The summed E-state index contributed by atoms with van der Waals surface area (Å²) in [6, 6.07) is 25.8. The number of likely N-dealkylation sites (tertiary alicyclic amines) is 1. The molecule has 1 fully saturated rings. The standard InChI is InChI=1S/C22H24F2N4O2.C18H15F2N3O3/c1-27-19(29)22(26-21(27)25,16-7-9-18(10-8-16)30-20(23)24)17-6-4-5-15(13-17)14-28-11-2-3-12-28;1-23-15(25)18(22-17(23)21,13-4-2-3-11(9-13)10-24)12-5-7-14(8-6-12)26-16(19)20/h4-10,13,20H,2-3,11-12,14H2,1H3,(H2,25,26);2-10,16H,1H3,(H2,21,22). The Morgan fingerprint density at radius 1 is 0.679 bits per heavy atom. The number of ether oxygens (including phenoxy) is 2. The number of amides is 2. The van der Waals surface area contributed by atoms with Crippen molar-refractivity contribution in [3.05, 3.63) is 130 Å². The highest BCUT2D eigenvalue weighted by molar-refractivity contribution is 6.09. The van der Waals surface area contributed by atoms with Crippen molar-refractivity contribution in [3.63, 3.8) is 0 Å². The number of hydrogen-bond acceptors (Lipinski definition) is 10. The molecule has 1 saturated heterocycles. The number of aldehydes is 1. The van der Waals surface area contributed by atoms with E-state index in [-0.39, 0.29) is 29.3 Å². The van der Waals surface area contributed by atoms with Gasteiger partial charge in [0.15, 0.2) is 23.0 Å². The molecule has 3 aliphatic heterocycles. The Hall–Kier alpha value is -6.29. The number of guanidine groups is 2. The number of halogens is 4. The molecule has 4 aromatic carbocycles. The van der Waals surface area contributed by atoms with Gasteiger partial charge >= 0.3 is 13.2 Å². The highest BCUT2D eigenvalue weighted by atomic mass is 19.3. The van der Waals surface area contributed by atoms with Crippen LogP contribution < -0.4 is 20.9 Å². The van der Waals surface area contributed by atoms with Crippen LogP contribution in [0.2, 0.25) is 0 Å². The van der Waals surface area contributed by atoms with Crippen molar-refractivity contribution in [1.29, 1.82) is 0 Å². The lowest BCUT2D eigenvalue weighted by Crippen LogP contribution is -2.41. The van der Waals surface area contributed by atoms with Gasteiger partial charge in [0.2, 0.25) is 0 Å². The minimum Gasteiger partial charge on any atom is -0.435 e. The van der Waals surface area contributed by atoms with Crippen LogP contribution >= 0.6 is 0 Å². The maximum absolute atomic E-state index is 13.3. The fourth-order valence-electron chi connectivity index (χ4n) is 7.05. The molecule has 2 amide bonds. The third-order valence-electron chi connectivity index (χ3n) is 9.86. The van der Waals surface area contributed by atoms with Crippen LogP contribution in [0.3, 0.4) is 0 Å². The molecule has 56 heavy (non-hydrogen) atoms. The fourth-order valence-corrected chi connectivity index (χ4v) is 7.05. The van der Waals surface area contributed by atoms with Crippen molar-refractivity contribution in [2.45, 2.75) is 43.7 Å². The second-order valence-electron chi connectivity index (χ2n) is 13.3. The third kappa shape index (κ3) is 7.64. The number of aliphatic imine (C=N–C) groups is 2. The third-order valence-corrected chi connectivity index (χ3v) is 9.86. The van der Waals surface area contributed by atoms with E-state index >= 15 is 0 Å². The summed E-state index contributed by atoms with van der Waals surface area (Å²) in [5.41, 5.74) is 12.6. The van der Waals surface area contributed by atoms with Crippen molar-refractivity contribution < 1.29 is 41.4 Å².